The number of rotatable bonds is 3. The van der Waals surface area contributed by atoms with E-state index in [4.69, 9.17) is 16.3 Å². The predicted octanol–water partition coefficient (Wildman–Crippen LogP) is 2.53. The van der Waals surface area contributed by atoms with Gasteiger partial charge in [0.1, 0.15) is 0 Å². The summed E-state index contributed by atoms with van der Waals surface area (Å²) in [5.41, 5.74) is 1.87. The largest absolute Gasteiger partial charge is 0.378 e. The summed E-state index contributed by atoms with van der Waals surface area (Å²) in [6.45, 7) is 4.81. The number of hydrogen-bond acceptors (Lipinski definition) is 5. The fourth-order valence-electron chi connectivity index (χ4n) is 2.36. The van der Waals surface area contributed by atoms with E-state index in [1.54, 1.807) is 24.3 Å². The third-order valence-corrected chi connectivity index (χ3v) is 3.89. The van der Waals surface area contributed by atoms with Gasteiger partial charge in [-0.05, 0) is 42.8 Å². The van der Waals surface area contributed by atoms with E-state index in [1.807, 2.05) is 13.0 Å². The molecule has 1 N–H and O–H groups in total. The standard InChI is InChI=1S/C16H17ClN4O2/c1-11-10-12(17)2-3-13(11)18-16(22)14-4-5-15(20-19-14)21-6-8-23-9-7-21/h2-5,10H,6-9H2,1H3,(H,18,22). The second-order valence-electron chi connectivity index (χ2n) is 5.29. The van der Waals surface area contributed by atoms with E-state index in [0.717, 1.165) is 24.5 Å². The number of benzene rings is 1. The third-order valence-electron chi connectivity index (χ3n) is 3.65. The van der Waals surface area contributed by atoms with Crippen LogP contribution in [0.5, 0.6) is 0 Å². The maximum Gasteiger partial charge on any atom is 0.276 e. The normalized spacial score (nSPS) is 14.6. The molecule has 1 saturated heterocycles. The van der Waals surface area contributed by atoms with Gasteiger partial charge in [0, 0.05) is 23.8 Å². The molecule has 23 heavy (non-hydrogen) atoms. The highest BCUT2D eigenvalue weighted by atomic mass is 35.5. The number of nitrogens with zero attached hydrogens (tertiary/aromatic N) is 3. The summed E-state index contributed by atoms with van der Waals surface area (Å²) in [4.78, 5) is 14.3. The Labute approximate surface area is 139 Å². The van der Waals surface area contributed by atoms with E-state index >= 15 is 0 Å². The Morgan fingerprint density at radius 1 is 1.22 bits per heavy atom. The van der Waals surface area contributed by atoms with Gasteiger partial charge < -0.3 is 15.0 Å². The number of hydrogen-bond donors (Lipinski definition) is 1. The number of carbonyl (C=O) groups excluding carboxylic acids is 1. The van der Waals surface area contributed by atoms with E-state index in [1.165, 1.54) is 0 Å². The molecule has 0 bridgehead atoms. The Kier molecular flexibility index (Phi) is 4.73. The first-order valence-corrected chi connectivity index (χ1v) is 7.75. The van der Waals surface area contributed by atoms with E-state index in [9.17, 15) is 4.79 Å². The summed E-state index contributed by atoms with van der Waals surface area (Å²) < 4.78 is 5.31. The lowest BCUT2D eigenvalue weighted by Gasteiger charge is -2.27. The van der Waals surface area contributed by atoms with Crippen LogP contribution in [0.2, 0.25) is 5.02 Å². The number of morpholine rings is 1. The van der Waals surface area contributed by atoms with Crippen LogP contribution in [-0.4, -0.2) is 42.4 Å². The van der Waals surface area contributed by atoms with Crippen LogP contribution in [0.1, 0.15) is 16.1 Å². The second-order valence-corrected chi connectivity index (χ2v) is 5.73. The molecule has 2 heterocycles. The number of aryl methyl sites for hydroxylation is 1. The summed E-state index contributed by atoms with van der Waals surface area (Å²) in [6, 6.07) is 8.78. The highest BCUT2D eigenvalue weighted by Crippen LogP contribution is 2.20. The lowest BCUT2D eigenvalue weighted by Crippen LogP contribution is -2.37. The van der Waals surface area contributed by atoms with Crippen molar-refractivity contribution in [3.63, 3.8) is 0 Å². The van der Waals surface area contributed by atoms with Crippen LogP contribution in [0.4, 0.5) is 11.5 Å². The predicted molar refractivity (Wildman–Crippen MR) is 89.2 cm³/mol. The average Bonchev–Trinajstić information content (AvgIpc) is 2.58. The van der Waals surface area contributed by atoms with E-state index < -0.39 is 0 Å². The van der Waals surface area contributed by atoms with Crippen molar-refractivity contribution < 1.29 is 9.53 Å². The van der Waals surface area contributed by atoms with Gasteiger partial charge in [0.2, 0.25) is 0 Å². The molecule has 2 aromatic rings. The number of halogens is 1. The summed E-state index contributed by atoms with van der Waals surface area (Å²) in [7, 11) is 0. The Hall–Kier alpha value is -2.18. The smallest absolute Gasteiger partial charge is 0.276 e. The monoisotopic (exact) mass is 332 g/mol. The molecule has 0 spiro atoms. The lowest BCUT2D eigenvalue weighted by atomic mass is 10.2. The van der Waals surface area contributed by atoms with Crippen molar-refractivity contribution in [2.45, 2.75) is 6.92 Å². The van der Waals surface area contributed by atoms with Gasteiger partial charge in [-0.25, -0.2) is 0 Å². The first kappa shape index (κ1) is 15.7. The van der Waals surface area contributed by atoms with Crippen molar-refractivity contribution in [2.75, 3.05) is 36.5 Å². The van der Waals surface area contributed by atoms with E-state index in [-0.39, 0.29) is 11.6 Å². The first-order chi connectivity index (χ1) is 11.1. The van der Waals surface area contributed by atoms with Crippen molar-refractivity contribution in [3.8, 4) is 0 Å². The topological polar surface area (TPSA) is 67.4 Å². The van der Waals surface area contributed by atoms with Gasteiger partial charge in [-0.1, -0.05) is 11.6 Å². The molecule has 1 aliphatic heterocycles. The molecule has 0 atom stereocenters. The quantitative estimate of drug-likeness (QED) is 0.935. The number of carbonyl (C=O) groups is 1. The van der Waals surface area contributed by atoms with E-state index in [0.29, 0.717) is 23.9 Å². The van der Waals surface area contributed by atoms with Gasteiger partial charge in [0.05, 0.1) is 13.2 Å². The number of aromatic nitrogens is 2. The van der Waals surface area contributed by atoms with Crippen molar-refractivity contribution in [2.24, 2.45) is 0 Å². The summed E-state index contributed by atoms with van der Waals surface area (Å²) in [6.07, 6.45) is 0. The van der Waals surface area contributed by atoms with Crippen molar-refractivity contribution in [1.29, 1.82) is 0 Å². The Bertz CT molecular complexity index is 700. The molecule has 1 fully saturated rings. The van der Waals surface area contributed by atoms with Gasteiger partial charge in [0.25, 0.3) is 5.91 Å². The van der Waals surface area contributed by atoms with Gasteiger partial charge in [-0.2, -0.15) is 0 Å². The number of nitrogens with one attached hydrogen (secondary N) is 1. The van der Waals surface area contributed by atoms with Crippen molar-refractivity contribution in [1.82, 2.24) is 10.2 Å². The Morgan fingerprint density at radius 2 is 2.00 bits per heavy atom. The van der Waals surface area contributed by atoms with Crippen LogP contribution in [-0.2, 0) is 4.74 Å². The zero-order chi connectivity index (χ0) is 16.2. The molecule has 0 radical (unpaired) electrons. The molecule has 3 rings (SSSR count). The molecule has 120 valence electrons. The highest BCUT2D eigenvalue weighted by molar-refractivity contribution is 6.30. The lowest BCUT2D eigenvalue weighted by molar-refractivity contribution is 0.102. The zero-order valence-corrected chi connectivity index (χ0v) is 13.5. The number of ether oxygens (including phenoxy) is 1. The fourth-order valence-corrected chi connectivity index (χ4v) is 2.59. The maximum atomic E-state index is 12.3. The molecule has 0 saturated carbocycles. The summed E-state index contributed by atoms with van der Waals surface area (Å²) in [5.74, 6) is 0.462. The van der Waals surface area contributed by atoms with Gasteiger partial charge >= 0.3 is 0 Å². The van der Waals surface area contributed by atoms with Crippen LogP contribution in [0, 0.1) is 6.92 Å². The molecular formula is C16H17ClN4O2. The minimum Gasteiger partial charge on any atom is -0.378 e. The number of anilines is 2. The van der Waals surface area contributed by atoms with Crippen LogP contribution in [0.15, 0.2) is 30.3 Å². The second kappa shape index (κ2) is 6.93. The highest BCUT2D eigenvalue weighted by Gasteiger charge is 2.15. The molecule has 1 amide bonds. The van der Waals surface area contributed by atoms with E-state index in [2.05, 4.69) is 20.4 Å². The van der Waals surface area contributed by atoms with Gasteiger partial charge in [-0.15, -0.1) is 10.2 Å². The first-order valence-electron chi connectivity index (χ1n) is 7.37. The van der Waals surface area contributed by atoms with Crippen molar-refractivity contribution in [3.05, 3.63) is 46.6 Å². The molecule has 1 aromatic carbocycles. The van der Waals surface area contributed by atoms with Crippen LogP contribution >= 0.6 is 11.6 Å². The van der Waals surface area contributed by atoms with Crippen LogP contribution in [0.25, 0.3) is 0 Å². The molecule has 0 aliphatic carbocycles. The molecular weight excluding hydrogens is 316 g/mol. The SMILES string of the molecule is Cc1cc(Cl)ccc1NC(=O)c1ccc(N2CCOCC2)nn1. The molecule has 1 aromatic heterocycles. The minimum atomic E-state index is -0.295. The maximum absolute atomic E-state index is 12.3. The molecule has 0 unspecified atom stereocenters. The Balaban J connectivity index is 1.69. The minimum absolute atomic E-state index is 0.274. The number of amides is 1. The summed E-state index contributed by atoms with van der Waals surface area (Å²) in [5, 5.41) is 11.6. The molecule has 7 heteroatoms. The van der Waals surface area contributed by atoms with Gasteiger partial charge in [-0.3, -0.25) is 4.79 Å². The summed E-state index contributed by atoms with van der Waals surface area (Å²) >= 11 is 5.91. The third kappa shape index (κ3) is 3.78. The zero-order valence-electron chi connectivity index (χ0n) is 12.8. The fraction of sp³-hybridized carbons (Fsp3) is 0.312. The molecule has 1 aliphatic rings. The van der Waals surface area contributed by atoms with Gasteiger partial charge in [0.15, 0.2) is 11.5 Å². The average molecular weight is 333 g/mol. The van der Waals surface area contributed by atoms with Crippen LogP contribution < -0.4 is 10.2 Å². The van der Waals surface area contributed by atoms with Crippen LogP contribution in [0.3, 0.4) is 0 Å². The Morgan fingerprint density at radius 3 is 2.65 bits per heavy atom. The molecule has 6 nitrogen and oxygen atoms in total. The van der Waals surface area contributed by atoms with Crippen molar-refractivity contribution >= 4 is 29.0 Å².